The Morgan fingerprint density at radius 1 is 1.53 bits per heavy atom. The predicted molar refractivity (Wildman–Crippen MR) is 62.5 cm³/mol. The number of thioether (sulfide) groups is 1. The van der Waals surface area contributed by atoms with Gasteiger partial charge in [-0.3, -0.25) is 0 Å². The van der Waals surface area contributed by atoms with Crippen LogP contribution in [0.25, 0.3) is 11.5 Å². The molecule has 0 radical (unpaired) electrons. The summed E-state index contributed by atoms with van der Waals surface area (Å²) in [5, 5.41) is 2.41. The van der Waals surface area contributed by atoms with Gasteiger partial charge in [0.2, 0.25) is 7.14 Å². The Hall–Kier alpha value is -0.710. The summed E-state index contributed by atoms with van der Waals surface area (Å²) in [5.41, 5.74) is 7.14. The lowest BCUT2D eigenvalue weighted by Gasteiger charge is -1.91. The van der Waals surface area contributed by atoms with Crippen molar-refractivity contribution >= 4 is 51.5 Å². The molecule has 7 heteroatoms. The highest BCUT2D eigenvalue weighted by Gasteiger charge is 2.75. The Morgan fingerprint density at radius 2 is 2.27 bits per heavy atom. The molecule has 3 aliphatic rings. The van der Waals surface area contributed by atoms with Gasteiger partial charge in [-0.25, -0.2) is 4.98 Å². The molecule has 2 aromatic heterocycles. The molecule has 15 heavy (non-hydrogen) atoms. The third kappa shape index (κ3) is 0.757. The molecule has 0 fully saturated rings. The van der Waals surface area contributed by atoms with E-state index in [2.05, 4.69) is 4.98 Å². The van der Waals surface area contributed by atoms with Gasteiger partial charge >= 0.3 is 0 Å². The van der Waals surface area contributed by atoms with Crippen LogP contribution in [0.2, 0.25) is 0 Å². The molecule has 0 aliphatic carbocycles. The van der Waals surface area contributed by atoms with Gasteiger partial charge in [0.1, 0.15) is 5.69 Å². The highest BCUT2D eigenvalue weighted by molar-refractivity contribution is 8.06. The van der Waals surface area contributed by atoms with Crippen LogP contribution in [0, 0.1) is 0 Å². The number of nitrogens with two attached hydrogens (primary N) is 1. The number of rotatable bonds is 2. The van der Waals surface area contributed by atoms with E-state index in [1.54, 1.807) is 11.8 Å². The molecule has 0 saturated carbocycles. The molecular weight excluding hydrogens is 251 g/mol. The Kier molecular flexibility index (Phi) is 1.23. The van der Waals surface area contributed by atoms with Crippen LogP contribution in [0.3, 0.4) is 0 Å². The Morgan fingerprint density at radius 3 is 2.80 bits per heavy atom. The van der Waals surface area contributed by atoms with Gasteiger partial charge in [-0.15, -0.1) is 11.8 Å². The molecule has 0 amide bonds. The predicted octanol–water partition coefficient (Wildman–Crippen LogP) is 0.973. The van der Waals surface area contributed by atoms with Crippen molar-refractivity contribution in [3.05, 3.63) is 0 Å². The molecule has 2 bridgehead atoms. The molecule has 1 unspecified atom stereocenters. The van der Waals surface area contributed by atoms with Crippen molar-refractivity contribution in [2.24, 2.45) is 0 Å². The Bertz CT molecular complexity index is 663. The number of fused-ring (bicyclic) bond motifs is 1. The zero-order chi connectivity index (χ0) is 10.4. The average molecular weight is 256 g/mol. The normalized spacial score (nSPS) is 24.1. The number of hydrogen-bond donors (Lipinski definition) is 1. The highest BCUT2D eigenvalue weighted by Crippen LogP contribution is 2.70. The van der Waals surface area contributed by atoms with Crippen molar-refractivity contribution in [3.63, 3.8) is 0 Å². The van der Waals surface area contributed by atoms with Gasteiger partial charge in [0.15, 0.2) is 16.4 Å². The molecule has 2 N–H and O–H groups in total. The first-order valence-electron chi connectivity index (χ1n) is 4.27. The first kappa shape index (κ1) is 8.44. The minimum atomic E-state index is -2.13. The van der Waals surface area contributed by atoms with Crippen LogP contribution in [0.4, 0.5) is 5.13 Å². The zero-order valence-electron chi connectivity index (χ0n) is 7.60. The molecule has 0 spiro atoms. The maximum absolute atomic E-state index is 11.8. The second kappa shape index (κ2) is 2.19. The first-order valence-corrected chi connectivity index (χ1v) is 8.02. The topological polar surface area (TPSA) is 69.1 Å². The lowest BCUT2D eigenvalue weighted by atomic mass is 10.4. The minimum absolute atomic E-state index is 0.526. The average Bonchev–Trinajstić information content (AvgIpc) is 2.79. The summed E-state index contributed by atoms with van der Waals surface area (Å²) in [7, 11) is -2.13. The van der Waals surface area contributed by atoms with E-state index in [0.717, 1.165) is 20.5 Å². The maximum atomic E-state index is 11.8. The monoisotopic (exact) mass is 256 g/mol. The largest absolute Gasteiger partial charge is 0.449 e. The van der Waals surface area contributed by atoms with Crippen molar-refractivity contribution in [1.82, 2.24) is 4.98 Å². The molecule has 5 rings (SSSR count). The SMILES string of the molecule is CSc1sc(N)nc1-c1oc2c3c1P23=O. The van der Waals surface area contributed by atoms with E-state index >= 15 is 0 Å². The van der Waals surface area contributed by atoms with E-state index in [-0.39, 0.29) is 0 Å². The van der Waals surface area contributed by atoms with Gasteiger partial charge in [0.25, 0.3) is 0 Å². The molecule has 5 heterocycles. The molecule has 0 aromatic carbocycles. The zero-order valence-corrected chi connectivity index (χ0v) is 10.1. The van der Waals surface area contributed by atoms with E-state index < -0.39 is 7.14 Å². The number of nitrogens with zero attached hydrogens (tertiary/aromatic N) is 1. The molecule has 2 aromatic rings. The van der Waals surface area contributed by atoms with Crippen LogP contribution in [0.5, 0.6) is 0 Å². The van der Waals surface area contributed by atoms with Crippen LogP contribution in [0.1, 0.15) is 0 Å². The summed E-state index contributed by atoms with van der Waals surface area (Å²) in [6, 6.07) is 0. The Balaban J connectivity index is 1.95. The van der Waals surface area contributed by atoms with Crippen LogP contribution in [0.15, 0.2) is 8.63 Å². The molecule has 3 aliphatic heterocycles. The van der Waals surface area contributed by atoms with Crippen LogP contribution < -0.4 is 21.8 Å². The van der Waals surface area contributed by atoms with Crippen molar-refractivity contribution in [1.29, 1.82) is 0 Å². The van der Waals surface area contributed by atoms with Gasteiger partial charge in [-0.05, 0) is 6.26 Å². The van der Waals surface area contributed by atoms with Gasteiger partial charge < -0.3 is 14.7 Å². The number of hydrogen-bond acceptors (Lipinski definition) is 6. The van der Waals surface area contributed by atoms with E-state index in [4.69, 9.17) is 10.2 Å². The number of furan rings is 1. The summed E-state index contributed by atoms with van der Waals surface area (Å²) in [6.45, 7) is 0. The fourth-order valence-electron chi connectivity index (χ4n) is 1.86. The lowest BCUT2D eigenvalue weighted by molar-refractivity contribution is 0.590. The van der Waals surface area contributed by atoms with E-state index in [9.17, 15) is 4.57 Å². The number of anilines is 1. The second-order valence-corrected chi connectivity index (χ2v) is 8.06. The third-order valence-electron chi connectivity index (χ3n) is 2.67. The summed E-state index contributed by atoms with van der Waals surface area (Å²) in [4.78, 5) is 4.23. The van der Waals surface area contributed by atoms with Gasteiger partial charge in [0.05, 0.1) is 14.8 Å². The van der Waals surface area contributed by atoms with E-state index in [0.29, 0.717) is 16.4 Å². The lowest BCUT2D eigenvalue weighted by Crippen LogP contribution is -1.96. The summed E-state index contributed by atoms with van der Waals surface area (Å²) in [6.07, 6.45) is 1.97. The Labute approximate surface area is 93.2 Å². The van der Waals surface area contributed by atoms with Gasteiger partial charge in [0, 0.05) is 0 Å². The molecule has 1 atom stereocenters. The standard InChI is InChI=1S/C8H5N2O2PS2/c1-14-7-2(10-8(9)15-7)3-4-5-6(12-3)13(4,5)11/h1H3,(H2,9,10). The third-order valence-corrected chi connectivity index (χ3v) is 7.22. The second-order valence-electron chi connectivity index (χ2n) is 3.44. The van der Waals surface area contributed by atoms with Crippen LogP contribution in [-0.4, -0.2) is 11.2 Å². The quantitative estimate of drug-likeness (QED) is 0.427. The van der Waals surface area contributed by atoms with Crippen molar-refractivity contribution < 1.29 is 8.98 Å². The van der Waals surface area contributed by atoms with Crippen molar-refractivity contribution in [3.8, 4) is 11.5 Å². The first-order chi connectivity index (χ1) is 7.17. The molecular formula is C8H5N2O2PS2. The summed E-state index contributed by atoms with van der Waals surface area (Å²) in [5.74, 6) is 0.695. The van der Waals surface area contributed by atoms with Crippen molar-refractivity contribution in [2.75, 3.05) is 12.0 Å². The minimum Gasteiger partial charge on any atom is -0.449 e. The number of nitrogen functional groups attached to an aromatic ring is 1. The number of thiazole rings is 1. The molecule has 76 valence electrons. The van der Waals surface area contributed by atoms with Gasteiger partial charge in [-0.1, -0.05) is 11.3 Å². The van der Waals surface area contributed by atoms with Crippen LogP contribution >= 0.6 is 30.2 Å². The highest BCUT2D eigenvalue weighted by atomic mass is 32.2. The van der Waals surface area contributed by atoms with Crippen LogP contribution in [-0.2, 0) is 4.57 Å². The fraction of sp³-hybridized carbons (Fsp3) is 0.125. The smallest absolute Gasteiger partial charge is 0.214 e. The maximum Gasteiger partial charge on any atom is 0.214 e. The molecule has 0 saturated heterocycles. The summed E-state index contributed by atoms with van der Waals surface area (Å²) < 4.78 is 18.3. The van der Waals surface area contributed by atoms with Gasteiger partial charge in [-0.2, -0.15) is 0 Å². The molecule has 4 nitrogen and oxygen atoms in total. The summed E-state index contributed by atoms with van der Waals surface area (Å²) >= 11 is 3.02. The van der Waals surface area contributed by atoms with Crippen molar-refractivity contribution in [2.45, 2.75) is 4.21 Å². The van der Waals surface area contributed by atoms with E-state index in [1.807, 2.05) is 6.26 Å². The number of aromatic nitrogens is 1. The van der Waals surface area contributed by atoms with E-state index in [1.165, 1.54) is 11.3 Å². The fourth-order valence-corrected chi connectivity index (χ4v) is 5.83.